The van der Waals surface area contributed by atoms with Crippen molar-refractivity contribution in [3.63, 3.8) is 0 Å². The van der Waals surface area contributed by atoms with Crippen LogP contribution in [0.15, 0.2) is 48.0 Å². The van der Waals surface area contributed by atoms with Crippen molar-refractivity contribution < 1.29 is 23.5 Å². The van der Waals surface area contributed by atoms with Gasteiger partial charge in [0, 0.05) is 57.0 Å². The van der Waals surface area contributed by atoms with Crippen molar-refractivity contribution in [1.82, 2.24) is 34.4 Å². The van der Waals surface area contributed by atoms with Crippen LogP contribution in [0.3, 0.4) is 0 Å². The van der Waals surface area contributed by atoms with Crippen LogP contribution in [0.5, 0.6) is 0 Å². The van der Waals surface area contributed by atoms with Crippen LogP contribution in [0, 0.1) is 0 Å². The maximum absolute atomic E-state index is 15.0. The standard InChI is InChI=1S/C24H29FN8O4/c1-15(28-21(34)19-14-32-6-2-5-27-23(32)29-19)22(35)31-9-7-30(8-10-31)20-4-3-16(11-18(20)25)33-13-17(12-26)37-24(33)36/h2,5-6,11,14-15,17H,3-4,7-10,12-13,26H2,1H3,(H,28,34). The molecule has 13 heteroatoms. The molecule has 2 unspecified atom stereocenters. The van der Waals surface area contributed by atoms with Crippen molar-refractivity contribution >= 4 is 23.7 Å². The summed E-state index contributed by atoms with van der Waals surface area (Å²) < 4.78 is 21.8. The zero-order chi connectivity index (χ0) is 26.1. The van der Waals surface area contributed by atoms with E-state index in [0.717, 1.165) is 0 Å². The van der Waals surface area contributed by atoms with Gasteiger partial charge in [-0.25, -0.2) is 19.2 Å². The zero-order valence-corrected chi connectivity index (χ0v) is 20.5. The molecular weight excluding hydrogens is 483 g/mol. The van der Waals surface area contributed by atoms with Crippen molar-refractivity contribution in [3.8, 4) is 0 Å². The molecule has 2 fully saturated rings. The van der Waals surface area contributed by atoms with E-state index in [1.807, 2.05) is 4.90 Å². The maximum atomic E-state index is 15.0. The summed E-state index contributed by atoms with van der Waals surface area (Å²) in [6, 6.07) is 0.985. The number of cyclic esters (lactones) is 1. The molecule has 5 rings (SSSR count). The summed E-state index contributed by atoms with van der Waals surface area (Å²) in [6.45, 7) is 3.93. The summed E-state index contributed by atoms with van der Waals surface area (Å²) in [6.07, 6.45) is 6.35. The smallest absolute Gasteiger partial charge is 0.414 e. The Labute approximate surface area is 212 Å². The van der Waals surface area contributed by atoms with Crippen molar-refractivity contribution in [2.75, 3.05) is 39.3 Å². The molecule has 2 aromatic rings. The predicted molar refractivity (Wildman–Crippen MR) is 130 cm³/mol. The van der Waals surface area contributed by atoms with Crippen LogP contribution in [-0.4, -0.2) is 98.4 Å². The highest BCUT2D eigenvalue weighted by molar-refractivity contribution is 5.96. The van der Waals surface area contributed by atoms with Gasteiger partial charge < -0.3 is 25.6 Å². The summed E-state index contributed by atoms with van der Waals surface area (Å²) in [5.41, 5.74) is 6.91. The summed E-state index contributed by atoms with van der Waals surface area (Å²) in [4.78, 5) is 50.9. The Bertz CT molecular complexity index is 1250. The van der Waals surface area contributed by atoms with E-state index in [4.69, 9.17) is 10.5 Å². The van der Waals surface area contributed by atoms with Gasteiger partial charge in [0.25, 0.3) is 5.91 Å². The monoisotopic (exact) mass is 512 g/mol. The Kier molecular flexibility index (Phi) is 6.78. The molecule has 0 bridgehead atoms. The SMILES string of the molecule is CC(NC(=O)c1cn2cccnc2n1)C(=O)N1CCN(C2=C(F)C=C(N3CC(CN)OC3=O)CC2)CC1. The van der Waals surface area contributed by atoms with Gasteiger partial charge >= 0.3 is 6.09 Å². The molecule has 2 atom stereocenters. The lowest BCUT2D eigenvalue weighted by atomic mass is 10.0. The summed E-state index contributed by atoms with van der Waals surface area (Å²) in [7, 11) is 0. The molecule has 196 valence electrons. The van der Waals surface area contributed by atoms with Crippen molar-refractivity contribution in [3.05, 3.63) is 53.6 Å². The van der Waals surface area contributed by atoms with E-state index in [2.05, 4.69) is 15.3 Å². The van der Waals surface area contributed by atoms with Crippen LogP contribution in [-0.2, 0) is 9.53 Å². The molecule has 3 N–H and O–H groups in total. The maximum Gasteiger partial charge on any atom is 0.414 e. The van der Waals surface area contributed by atoms with Gasteiger partial charge in [0.2, 0.25) is 11.7 Å². The number of hydrogen-bond donors (Lipinski definition) is 2. The Hall–Kier alpha value is -4.00. The summed E-state index contributed by atoms with van der Waals surface area (Å²) in [5.74, 6) is -0.652. The van der Waals surface area contributed by atoms with Gasteiger partial charge in [0.15, 0.2) is 0 Å². The predicted octanol–water partition coefficient (Wildman–Crippen LogP) is 0.630. The second kappa shape index (κ2) is 10.2. The molecule has 0 aromatic carbocycles. The molecule has 12 nitrogen and oxygen atoms in total. The highest BCUT2D eigenvalue weighted by Crippen LogP contribution is 2.32. The number of carbonyl (C=O) groups excluding carboxylic acids is 3. The summed E-state index contributed by atoms with van der Waals surface area (Å²) >= 11 is 0. The first kappa shape index (κ1) is 24.7. The van der Waals surface area contributed by atoms with Gasteiger partial charge in [0.05, 0.1) is 12.2 Å². The minimum absolute atomic E-state index is 0.177. The van der Waals surface area contributed by atoms with Gasteiger partial charge in [-0.1, -0.05) is 0 Å². The van der Waals surface area contributed by atoms with Crippen LogP contribution in [0.4, 0.5) is 9.18 Å². The van der Waals surface area contributed by atoms with Crippen LogP contribution in [0.2, 0.25) is 0 Å². The number of ether oxygens (including phenoxy) is 1. The first-order valence-corrected chi connectivity index (χ1v) is 12.3. The lowest BCUT2D eigenvalue weighted by Gasteiger charge is -2.39. The number of fused-ring (bicyclic) bond motifs is 1. The molecule has 2 aliphatic heterocycles. The largest absolute Gasteiger partial charge is 0.443 e. The molecule has 1 aliphatic carbocycles. The summed E-state index contributed by atoms with van der Waals surface area (Å²) in [5, 5.41) is 2.70. The topological polar surface area (TPSA) is 138 Å². The van der Waals surface area contributed by atoms with E-state index >= 15 is 4.39 Å². The third kappa shape index (κ3) is 4.99. The fraction of sp³-hybridized carbons (Fsp3) is 0.458. The molecule has 2 saturated heterocycles. The Morgan fingerprint density at radius 1 is 1.27 bits per heavy atom. The average Bonchev–Trinajstić information content (AvgIpc) is 3.51. The Balaban J connectivity index is 1.15. The van der Waals surface area contributed by atoms with Gasteiger partial charge in [-0.3, -0.25) is 18.9 Å². The molecule has 3 amide bonds. The number of rotatable bonds is 6. The molecule has 0 radical (unpaired) electrons. The second-order valence-electron chi connectivity index (χ2n) is 9.24. The zero-order valence-electron chi connectivity index (χ0n) is 20.5. The first-order valence-electron chi connectivity index (χ1n) is 12.3. The number of imidazole rings is 1. The second-order valence-corrected chi connectivity index (χ2v) is 9.24. The Morgan fingerprint density at radius 2 is 2.05 bits per heavy atom. The minimum atomic E-state index is -0.745. The van der Waals surface area contributed by atoms with Crippen LogP contribution >= 0.6 is 0 Å². The van der Waals surface area contributed by atoms with Crippen molar-refractivity contribution in [1.29, 1.82) is 0 Å². The normalized spacial score (nSPS) is 21.3. The number of nitrogens with two attached hydrogens (primary N) is 1. The quantitative estimate of drug-likeness (QED) is 0.575. The highest BCUT2D eigenvalue weighted by Gasteiger charge is 2.35. The van der Waals surface area contributed by atoms with Crippen molar-refractivity contribution in [2.45, 2.75) is 31.9 Å². The van der Waals surface area contributed by atoms with E-state index < -0.39 is 18.0 Å². The number of halogens is 1. The van der Waals surface area contributed by atoms with Gasteiger partial charge in [-0.2, -0.15) is 0 Å². The molecule has 2 aromatic heterocycles. The number of hydrogen-bond acceptors (Lipinski definition) is 8. The molecule has 3 aliphatic rings. The molecule has 4 heterocycles. The van der Waals surface area contributed by atoms with Gasteiger partial charge in [0.1, 0.15) is 23.7 Å². The van der Waals surface area contributed by atoms with Crippen LogP contribution in [0.25, 0.3) is 5.78 Å². The number of allylic oxidation sites excluding steroid dienone is 4. The third-order valence-electron chi connectivity index (χ3n) is 6.83. The van der Waals surface area contributed by atoms with E-state index in [-0.39, 0.29) is 30.1 Å². The number of aromatic nitrogens is 3. The third-order valence-corrected chi connectivity index (χ3v) is 6.83. The fourth-order valence-corrected chi connectivity index (χ4v) is 4.81. The van der Waals surface area contributed by atoms with Gasteiger partial charge in [-0.05, 0) is 31.9 Å². The number of nitrogens with zero attached hydrogens (tertiary/aromatic N) is 6. The number of piperazine rings is 1. The lowest BCUT2D eigenvalue weighted by molar-refractivity contribution is -0.134. The van der Waals surface area contributed by atoms with Crippen molar-refractivity contribution in [2.24, 2.45) is 5.73 Å². The molecule has 0 spiro atoms. The molecule has 37 heavy (non-hydrogen) atoms. The van der Waals surface area contributed by atoms with E-state index in [9.17, 15) is 14.4 Å². The number of amides is 3. The van der Waals surface area contributed by atoms with E-state index in [1.165, 1.54) is 11.0 Å². The average molecular weight is 513 g/mol. The van der Waals surface area contributed by atoms with Gasteiger partial charge in [-0.15, -0.1) is 0 Å². The minimum Gasteiger partial charge on any atom is -0.443 e. The highest BCUT2D eigenvalue weighted by atomic mass is 19.1. The first-order chi connectivity index (χ1) is 17.8. The number of carbonyl (C=O) groups is 3. The number of nitrogens with one attached hydrogen (secondary N) is 1. The van der Waals surface area contributed by atoms with Crippen LogP contribution < -0.4 is 11.1 Å². The van der Waals surface area contributed by atoms with Crippen LogP contribution in [0.1, 0.15) is 30.3 Å². The van der Waals surface area contributed by atoms with E-state index in [1.54, 1.807) is 40.9 Å². The van der Waals surface area contributed by atoms with E-state index in [0.29, 0.717) is 62.7 Å². The lowest BCUT2D eigenvalue weighted by Crippen LogP contribution is -2.54. The fourth-order valence-electron chi connectivity index (χ4n) is 4.81. The Morgan fingerprint density at radius 3 is 2.73 bits per heavy atom. The molecular formula is C24H29FN8O4. The molecule has 0 saturated carbocycles.